The first-order chi connectivity index (χ1) is 8.09. The fourth-order valence-corrected chi connectivity index (χ4v) is 2.51. The molecule has 1 aliphatic rings. The van der Waals surface area contributed by atoms with Crippen LogP contribution in [0.15, 0.2) is 24.3 Å². The van der Waals surface area contributed by atoms with Crippen LogP contribution in [0.1, 0.15) is 0 Å². The van der Waals surface area contributed by atoms with E-state index in [-0.39, 0.29) is 23.1 Å². The van der Waals surface area contributed by atoms with Crippen LogP contribution in [0.5, 0.6) is 5.75 Å². The van der Waals surface area contributed by atoms with Crippen molar-refractivity contribution in [2.75, 3.05) is 10.7 Å². The van der Waals surface area contributed by atoms with Crippen molar-refractivity contribution in [2.45, 2.75) is 6.61 Å². The molecule has 0 aliphatic carbocycles. The van der Waals surface area contributed by atoms with Crippen LogP contribution < -0.4 is 9.64 Å². The summed E-state index contributed by atoms with van der Waals surface area (Å²) in [7, 11) is 0. The van der Waals surface area contributed by atoms with Crippen molar-refractivity contribution in [3.63, 3.8) is 0 Å². The average molecular weight is 275 g/mol. The lowest BCUT2D eigenvalue weighted by atomic mass is 10.2. The van der Waals surface area contributed by atoms with Gasteiger partial charge in [0.05, 0.1) is 11.4 Å². The molecule has 0 bridgehead atoms. The monoisotopic (exact) mass is 275 g/mol. The van der Waals surface area contributed by atoms with Gasteiger partial charge in [-0.15, -0.1) is 0 Å². The third kappa shape index (κ3) is 2.55. The summed E-state index contributed by atoms with van der Waals surface area (Å²) in [4.78, 5) is 12.8. The summed E-state index contributed by atoms with van der Waals surface area (Å²) in [6, 6.07) is 6.08. The molecular weight excluding hydrogens is 268 g/mol. The summed E-state index contributed by atoms with van der Waals surface area (Å²) >= 11 is 6.20. The molecule has 17 heavy (non-hydrogen) atoms. The van der Waals surface area contributed by atoms with E-state index >= 15 is 0 Å². The molecule has 0 N–H and O–H groups in total. The van der Waals surface area contributed by atoms with Crippen LogP contribution in [0.3, 0.4) is 0 Å². The summed E-state index contributed by atoms with van der Waals surface area (Å²) in [5.41, 5.74) is 0.257. The second-order valence-electron chi connectivity index (χ2n) is 3.13. The van der Waals surface area contributed by atoms with Crippen molar-refractivity contribution in [2.24, 2.45) is 0 Å². The van der Waals surface area contributed by atoms with Crippen LogP contribution in [-0.2, 0) is 4.79 Å². The molecule has 1 amide bonds. The van der Waals surface area contributed by atoms with Crippen molar-refractivity contribution in [3.8, 4) is 5.75 Å². The first-order valence-corrected chi connectivity index (χ1v) is 6.02. The van der Waals surface area contributed by atoms with Gasteiger partial charge < -0.3 is 4.74 Å². The molecule has 0 spiro atoms. The third-order valence-corrected chi connectivity index (χ3v) is 3.43. The zero-order valence-corrected chi connectivity index (χ0v) is 10.1. The summed E-state index contributed by atoms with van der Waals surface area (Å²) in [5, 5.41) is 0. The van der Waals surface area contributed by atoms with E-state index in [2.05, 4.69) is 4.74 Å². The van der Waals surface area contributed by atoms with E-state index < -0.39 is 6.61 Å². The number of hydrogen-bond donors (Lipinski definition) is 0. The number of thioether (sulfide) groups is 1. The molecule has 0 radical (unpaired) electrons. The number of carbonyl (C=O) groups excluding carboxylic acids is 1. The molecule has 0 aromatic heterocycles. The first kappa shape index (κ1) is 12.3. The number of halogens is 2. The summed E-state index contributed by atoms with van der Waals surface area (Å²) in [6.45, 7) is -2.94. The number of alkyl halides is 2. The second kappa shape index (κ2) is 4.97. The van der Waals surface area contributed by atoms with Gasteiger partial charge in [-0.05, 0) is 12.1 Å². The van der Waals surface area contributed by atoms with Crippen LogP contribution in [0.2, 0.25) is 0 Å². The minimum Gasteiger partial charge on any atom is -0.433 e. The Morgan fingerprint density at radius 2 is 2.12 bits per heavy atom. The molecule has 1 aromatic rings. The highest BCUT2D eigenvalue weighted by Gasteiger charge is 2.30. The van der Waals surface area contributed by atoms with Crippen LogP contribution in [0.4, 0.5) is 14.5 Å². The summed E-state index contributed by atoms with van der Waals surface area (Å²) < 4.78 is 29.1. The smallest absolute Gasteiger partial charge is 0.387 e. The molecule has 1 heterocycles. The quantitative estimate of drug-likeness (QED) is 0.793. The van der Waals surface area contributed by atoms with Gasteiger partial charge in [0.2, 0.25) is 5.91 Å². The number of para-hydroxylation sites is 2. The summed E-state index contributed by atoms with van der Waals surface area (Å²) in [6.07, 6.45) is 0. The molecular formula is C10H7F2NO2S2. The van der Waals surface area contributed by atoms with Crippen molar-refractivity contribution in [1.82, 2.24) is 0 Å². The normalized spacial score (nSPS) is 15.8. The van der Waals surface area contributed by atoms with Gasteiger partial charge in [-0.2, -0.15) is 8.78 Å². The zero-order chi connectivity index (χ0) is 12.4. The second-order valence-corrected chi connectivity index (χ2v) is 4.74. The van der Waals surface area contributed by atoms with E-state index in [4.69, 9.17) is 12.2 Å². The Kier molecular flexibility index (Phi) is 3.58. The first-order valence-electron chi connectivity index (χ1n) is 4.63. The van der Waals surface area contributed by atoms with Crippen LogP contribution in [-0.4, -0.2) is 22.6 Å². The molecule has 0 unspecified atom stereocenters. The van der Waals surface area contributed by atoms with Gasteiger partial charge in [0.15, 0.2) is 0 Å². The minimum atomic E-state index is -2.94. The topological polar surface area (TPSA) is 29.5 Å². The molecule has 2 rings (SSSR count). The Bertz CT molecular complexity index is 451. The Hall–Kier alpha value is -1.21. The molecule has 3 nitrogen and oxygen atoms in total. The Morgan fingerprint density at radius 3 is 2.71 bits per heavy atom. The number of ether oxygens (including phenoxy) is 1. The average Bonchev–Trinajstić information content (AvgIpc) is 2.59. The van der Waals surface area contributed by atoms with Crippen LogP contribution >= 0.6 is 24.0 Å². The van der Waals surface area contributed by atoms with Crippen molar-refractivity contribution >= 4 is 39.9 Å². The Balaban J connectivity index is 2.37. The number of rotatable bonds is 3. The number of thiocarbonyl (C=S) groups is 1. The van der Waals surface area contributed by atoms with E-state index in [1.807, 2.05) is 0 Å². The van der Waals surface area contributed by atoms with E-state index in [1.54, 1.807) is 12.1 Å². The standard InChI is InChI=1S/C10H7F2NO2S2/c11-9(12)15-7-4-2-1-3-6(7)13-8(14)5-17-10(13)16/h1-4,9H,5H2. The molecule has 1 fully saturated rings. The van der Waals surface area contributed by atoms with Gasteiger partial charge in [-0.25, -0.2) is 0 Å². The minimum absolute atomic E-state index is 0.0549. The Morgan fingerprint density at radius 1 is 1.41 bits per heavy atom. The van der Waals surface area contributed by atoms with Gasteiger partial charge >= 0.3 is 6.61 Å². The molecule has 90 valence electrons. The number of carbonyl (C=O) groups is 1. The van der Waals surface area contributed by atoms with Crippen molar-refractivity contribution < 1.29 is 18.3 Å². The van der Waals surface area contributed by atoms with Gasteiger partial charge in [0.25, 0.3) is 0 Å². The highest BCUT2D eigenvalue weighted by molar-refractivity contribution is 8.24. The largest absolute Gasteiger partial charge is 0.433 e. The molecule has 0 saturated carbocycles. The van der Waals surface area contributed by atoms with Gasteiger partial charge in [0, 0.05) is 0 Å². The van der Waals surface area contributed by atoms with E-state index in [1.165, 1.54) is 28.8 Å². The lowest BCUT2D eigenvalue weighted by Crippen LogP contribution is -2.28. The predicted molar refractivity (Wildman–Crippen MR) is 65.6 cm³/mol. The van der Waals surface area contributed by atoms with Gasteiger partial charge in [0.1, 0.15) is 10.1 Å². The SMILES string of the molecule is O=C1CSC(=S)N1c1ccccc1OC(F)F. The van der Waals surface area contributed by atoms with Gasteiger partial charge in [-0.1, -0.05) is 36.1 Å². The highest BCUT2D eigenvalue weighted by atomic mass is 32.2. The number of hydrogen-bond acceptors (Lipinski definition) is 4. The third-order valence-electron chi connectivity index (χ3n) is 2.07. The maximum atomic E-state index is 12.2. The lowest BCUT2D eigenvalue weighted by molar-refractivity contribution is -0.115. The van der Waals surface area contributed by atoms with E-state index in [9.17, 15) is 13.6 Å². The van der Waals surface area contributed by atoms with Gasteiger partial charge in [-0.3, -0.25) is 9.69 Å². The number of benzene rings is 1. The fraction of sp³-hybridized carbons (Fsp3) is 0.200. The predicted octanol–water partition coefficient (Wildman–Crippen LogP) is 2.65. The maximum absolute atomic E-state index is 12.2. The molecule has 1 aromatic carbocycles. The molecule has 1 saturated heterocycles. The summed E-state index contributed by atoms with van der Waals surface area (Å²) in [5.74, 6) is -0.0620. The molecule has 1 aliphatic heterocycles. The highest BCUT2D eigenvalue weighted by Crippen LogP contribution is 2.34. The fourth-order valence-electron chi connectivity index (χ4n) is 1.42. The van der Waals surface area contributed by atoms with Crippen LogP contribution in [0, 0.1) is 0 Å². The van der Waals surface area contributed by atoms with Crippen LogP contribution in [0.25, 0.3) is 0 Å². The molecule has 0 atom stereocenters. The lowest BCUT2D eigenvalue weighted by Gasteiger charge is -2.18. The zero-order valence-electron chi connectivity index (χ0n) is 8.43. The van der Waals surface area contributed by atoms with E-state index in [0.717, 1.165) is 0 Å². The van der Waals surface area contributed by atoms with Crippen molar-refractivity contribution in [3.05, 3.63) is 24.3 Å². The molecule has 7 heteroatoms. The van der Waals surface area contributed by atoms with E-state index in [0.29, 0.717) is 4.32 Å². The number of amides is 1. The maximum Gasteiger partial charge on any atom is 0.387 e. The van der Waals surface area contributed by atoms with Crippen molar-refractivity contribution in [1.29, 1.82) is 0 Å². The number of anilines is 1. The Labute approximate surface area is 106 Å². The number of nitrogens with zero attached hydrogens (tertiary/aromatic N) is 1.